The fourth-order valence-corrected chi connectivity index (χ4v) is 1.86. The van der Waals surface area contributed by atoms with Gasteiger partial charge in [0.1, 0.15) is 6.29 Å². The zero-order chi connectivity index (χ0) is 12.5. The van der Waals surface area contributed by atoms with Crippen molar-refractivity contribution in [3.8, 4) is 6.07 Å². The summed E-state index contributed by atoms with van der Waals surface area (Å²) in [4.78, 5) is 10.5. The Morgan fingerprint density at radius 3 is 2.53 bits per heavy atom. The van der Waals surface area contributed by atoms with Gasteiger partial charge in [-0.1, -0.05) is 49.2 Å². The van der Waals surface area contributed by atoms with Crippen molar-refractivity contribution in [2.24, 2.45) is 0 Å². The highest BCUT2D eigenvalue weighted by atomic mass is 16.1. The van der Waals surface area contributed by atoms with E-state index in [9.17, 15) is 10.1 Å². The first kappa shape index (κ1) is 13.2. The second-order valence-electron chi connectivity index (χ2n) is 3.91. The van der Waals surface area contributed by atoms with Crippen LogP contribution < -0.4 is 0 Å². The summed E-state index contributed by atoms with van der Waals surface area (Å²) in [7, 11) is 0. The molecular formula is C15H17NO. The summed E-state index contributed by atoms with van der Waals surface area (Å²) >= 11 is 0. The number of nitrogens with zero attached hydrogens (tertiary/aromatic N) is 1. The van der Waals surface area contributed by atoms with Crippen LogP contribution in [0.5, 0.6) is 0 Å². The fourth-order valence-electron chi connectivity index (χ4n) is 1.86. The fraction of sp³-hybridized carbons (Fsp3) is 0.333. The molecule has 17 heavy (non-hydrogen) atoms. The Kier molecular flexibility index (Phi) is 5.74. The van der Waals surface area contributed by atoms with Gasteiger partial charge in [0.05, 0.1) is 11.6 Å². The first-order valence-corrected chi connectivity index (χ1v) is 5.94. The van der Waals surface area contributed by atoms with Gasteiger partial charge >= 0.3 is 0 Å². The maximum atomic E-state index is 10.5. The molecule has 0 radical (unpaired) electrons. The van der Waals surface area contributed by atoms with E-state index in [0.29, 0.717) is 12.8 Å². The average Bonchev–Trinajstić information content (AvgIpc) is 2.38. The van der Waals surface area contributed by atoms with Gasteiger partial charge in [-0.2, -0.15) is 5.26 Å². The van der Waals surface area contributed by atoms with Crippen LogP contribution in [0.1, 0.15) is 38.2 Å². The van der Waals surface area contributed by atoms with E-state index in [2.05, 4.69) is 13.0 Å². The number of aldehydes is 1. The van der Waals surface area contributed by atoms with Crippen molar-refractivity contribution in [2.75, 3.05) is 0 Å². The lowest BCUT2D eigenvalue weighted by atomic mass is 9.95. The minimum Gasteiger partial charge on any atom is -0.303 e. The molecule has 88 valence electrons. The van der Waals surface area contributed by atoms with Gasteiger partial charge in [-0.05, 0) is 18.4 Å². The van der Waals surface area contributed by atoms with Crippen molar-refractivity contribution in [3.05, 3.63) is 41.5 Å². The van der Waals surface area contributed by atoms with Crippen LogP contribution in [0.3, 0.4) is 0 Å². The molecule has 0 spiro atoms. The van der Waals surface area contributed by atoms with E-state index in [0.717, 1.165) is 35.8 Å². The van der Waals surface area contributed by atoms with Crippen LogP contribution in [0.2, 0.25) is 0 Å². The van der Waals surface area contributed by atoms with Gasteiger partial charge in [-0.25, -0.2) is 0 Å². The number of allylic oxidation sites excluding steroid dienone is 2. The summed E-state index contributed by atoms with van der Waals surface area (Å²) in [6.07, 6.45) is 3.97. The second kappa shape index (κ2) is 7.40. The summed E-state index contributed by atoms with van der Waals surface area (Å²) in [5.74, 6) is 0. The van der Waals surface area contributed by atoms with E-state index in [1.165, 1.54) is 0 Å². The van der Waals surface area contributed by atoms with E-state index >= 15 is 0 Å². The third-order valence-electron chi connectivity index (χ3n) is 2.64. The third-order valence-corrected chi connectivity index (χ3v) is 2.64. The van der Waals surface area contributed by atoms with Crippen molar-refractivity contribution < 1.29 is 4.79 Å². The molecule has 2 nitrogen and oxygen atoms in total. The minimum atomic E-state index is 0.493. The molecule has 0 aromatic heterocycles. The maximum absolute atomic E-state index is 10.5. The largest absolute Gasteiger partial charge is 0.303 e. The molecule has 0 heterocycles. The van der Waals surface area contributed by atoms with Crippen molar-refractivity contribution in [1.82, 2.24) is 0 Å². The summed E-state index contributed by atoms with van der Waals surface area (Å²) in [5.41, 5.74) is 2.77. The molecule has 1 aromatic carbocycles. The van der Waals surface area contributed by atoms with Gasteiger partial charge in [0.2, 0.25) is 0 Å². The molecule has 0 amide bonds. The van der Waals surface area contributed by atoms with Crippen LogP contribution >= 0.6 is 0 Å². The third kappa shape index (κ3) is 3.88. The first-order chi connectivity index (χ1) is 8.33. The quantitative estimate of drug-likeness (QED) is 0.548. The lowest BCUT2D eigenvalue weighted by molar-refractivity contribution is -0.107. The highest BCUT2D eigenvalue weighted by Gasteiger charge is 2.07. The van der Waals surface area contributed by atoms with Gasteiger partial charge in [-0.3, -0.25) is 0 Å². The van der Waals surface area contributed by atoms with Crippen LogP contribution in [-0.2, 0) is 4.79 Å². The summed E-state index contributed by atoms with van der Waals surface area (Å²) < 4.78 is 0. The number of carbonyl (C=O) groups excluding carboxylic acids is 1. The molecule has 0 saturated heterocycles. The molecular weight excluding hydrogens is 210 g/mol. The molecule has 0 bridgehead atoms. The standard InChI is InChI=1S/C15H17NO/c1-2-7-13(10-6-11-17)15(12-16)14-8-4-3-5-9-14/h3-5,8-9,11H,2,6-7,10H2,1H3/b15-13+. The zero-order valence-corrected chi connectivity index (χ0v) is 10.1. The number of hydrogen-bond acceptors (Lipinski definition) is 2. The van der Waals surface area contributed by atoms with Crippen LogP contribution in [0, 0.1) is 11.3 Å². The predicted molar refractivity (Wildman–Crippen MR) is 69.2 cm³/mol. The Morgan fingerprint density at radius 1 is 1.29 bits per heavy atom. The highest BCUT2D eigenvalue weighted by molar-refractivity contribution is 5.79. The molecule has 0 unspecified atom stereocenters. The lowest BCUT2D eigenvalue weighted by Crippen LogP contribution is -1.92. The molecule has 0 aliphatic rings. The molecule has 1 rings (SSSR count). The maximum Gasteiger partial charge on any atom is 0.120 e. The smallest absolute Gasteiger partial charge is 0.120 e. The molecule has 0 aliphatic carbocycles. The molecule has 2 heteroatoms. The van der Waals surface area contributed by atoms with Crippen molar-refractivity contribution in [3.63, 3.8) is 0 Å². The topological polar surface area (TPSA) is 40.9 Å². The van der Waals surface area contributed by atoms with Gasteiger partial charge in [0.25, 0.3) is 0 Å². The van der Waals surface area contributed by atoms with E-state index in [1.807, 2.05) is 30.3 Å². The average molecular weight is 227 g/mol. The monoisotopic (exact) mass is 227 g/mol. The molecule has 0 N–H and O–H groups in total. The van der Waals surface area contributed by atoms with Crippen LogP contribution in [0.25, 0.3) is 5.57 Å². The second-order valence-corrected chi connectivity index (χ2v) is 3.91. The molecule has 0 atom stereocenters. The van der Waals surface area contributed by atoms with E-state index in [4.69, 9.17) is 0 Å². The number of benzene rings is 1. The predicted octanol–water partition coefficient (Wildman–Crippen LogP) is 3.74. The minimum absolute atomic E-state index is 0.493. The van der Waals surface area contributed by atoms with Gasteiger partial charge in [0, 0.05) is 6.42 Å². The molecule has 0 fully saturated rings. The first-order valence-electron chi connectivity index (χ1n) is 5.94. The summed E-state index contributed by atoms with van der Waals surface area (Å²) in [6.45, 7) is 2.08. The van der Waals surface area contributed by atoms with Crippen LogP contribution in [-0.4, -0.2) is 6.29 Å². The summed E-state index contributed by atoms with van der Waals surface area (Å²) in [5, 5.41) is 9.28. The summed E-state index contributed by atoms with van der Waals surface area (Å²) in [6, 6.07) is 11.9. The van der Waals surface area contributed by atoms with E-state index < -0.39 is 0 Å². The Balaban J connectivity index is 3.08. The number of carbonyl (C=O) groups is 1. The number of rotatable bonds is 6. The van der Waals surface area contributed by atoms with Crippen molar-refractivity contribution >= 4 is 11.9 Å². The molecule has 0 aliphatic heterocycles. The van der Waals surface area contributed by atoms with Gasteiger partial charge < -0.3 is 4.79 Å². The van der Waals surface area contributed by atoms with Crippen molar-refractivity contribution in [1.29, 1.82) is 5.26 Å². The van der Waals surface area contributed by atoms with Gasteiger partial charge in [-0.15, -0.1) is 0 Å². The Morgan fingerprint density at radius 2 is 2.00 bits per heavy atom. The van der Waals surface area contributed by atoms with Crippen LogP contribution in [0.4, 0.5) is 0 Å². The van der Waals surface area contributed by atoms with E-state index in [-0.39, 0.29) is 0 Å². The Labute approximate surface area is 103 Å². The number of nitriles is 1. The highest BCUT2D eigenvalue weighted by Crippen LogP contribution is 2.24. The van der Waals surface area contributed by atoms with Crippen molar-refractivity contribution in [2.45, 2.75) is 32.6 Å². The lowest BCUT2D eigenvalue weighted by Gasteiger charge is -2.08. The Hall–Kier alpha value is -1.88. The number of hydrogen-bond donors (Lipinski definition) is 0. The molecule has 1 aromatic rings. The molecule has 0 saturated carbocycles. The van der Waals surface area contributed by atoms with Gasteiger partial charge in [0.15, 0.2) is 0 Å². The Bertz CT molecular complexity index is 426. The van der Waals surface area contributed by atoms with E-state index in [1.54, 1.807) is 0 Å². The van der Waals surface area contributed by atoms with Crippen LogP contribution in [0.15, 0.2) is 35.9 Å². The normalized spacial score (nSPS) is 11.5. The SMILES string of the molecule is CCC/C(CCC=O)=C(/C#N)c1ccccc1. The zero-order valence-electron chi connectivity index (χ0n) is 10.1.